The molecule has 1 heterocycles. The third-order valence-electron chi connectivity index (χ3n) is 3.67. The number of rotatable bonds is 4. The minimum atomic E-state index is 0.360. The highest BCUT2D eigenvalue weighted by Crippen LogP contribution is 2.22. The van der Waals surface area contributed by atoms with Gasteiger partial charge in [0.2, 0.25) is 0 Å². The largest absolute Gasteiger partial charge is 0.328 e. The van der Waals surface area contributed by atoms with E-state index in [1.54, 1.807) is 0 Å². The summed E-state index contributed by atoms with van der Waals surface area (Å²) in [4.78, 5) is 2.64. The van der Waals surface area contributed by atoms with Gasteiger partial charge in [0.25, 0.3) is 0 Å². The summed E-state index contributed by atoms with van der Waals surface area (Å²) >= 11 is 0. The molecule has 0 bridgehead atoms. The zero-order valence-electron chi connectivity index (χ0n) is 10.9. The zero-order chi connectivity index (χ0) is 11.4. The maximum Gasteiger partial charge on any atom is 0.00694 e. The first-order chi connectivity index (χ1) is 7.00. The van der Waals surface area contributed by atoms with Crippen LogP contribution in [0.2, 0.25) is 0 Å². The van der Waals surface area contributed by atoms with Crippen LogP contribution in [-0.2, 0) is 0 Å². The van der Waals surface area contributed by atoms with Crippen LogP contribution in [0.25, 0.3) is 0 Å². The van der Waals surface area contributed by atoms with E-state index in [4.69, 9.17) is 5.73 Å². The predicted octanol–water partition coefficient (Wildman–Crippen LogP) is 2.48. The molecule has 2 N–H and O–H groups in total. The van der Waals surface area contributed by atoms with Crippen molar-refractivity contribution in [3.05, 3.63) is 0 Å². The fourth-order valence-electron chi connectivity index (χ4n) is 2.70. The van der Waals surface area contributed by atoms with E-state index in [-0.39, 0.29) is 0 Å². The highest BCUT2D eigenvalue weighted by molar-refractivity contribution is 4.81. The van der Waals surface area contributed by atoms with Crippen LogP contribution in [-0.4, -0.2) is 30.1 Å². The van der Waals surface area contributed by atoms with E-state index in [1.807, 2.05) is 0 Å². The van der Waals surface area contributed by atoms with Crippen molar-refractivity contribution in [2.75, 3.05) is 13.1 Å². The quantitative estimate of drug-likeness (QED) is 0.776. The molecule has 3 unspecified atom stereocenters. The molecule has 0 aromatic carbocycles. The first-order valence-electron chi connectivity index (χ1n) is 6.50. The lowest BCUT2D eigenvalue weighted by Gasteiger charge is -2.38. The molecule has 15 heavy (non-hydrogen) atoms. The Morgan fingerprint density at radius 1 is 1.27 bits per heavy atom. The van der Waals surface area contributed by atoms with E-state index in [1.165, 1.54) is 32.4 Å². The normalized spacial score (nSPS) is 28.0. The SMILES string of the molecule is CC(C)CC(C)N1CCCC(C(C)N)C1. The summed E-state index contributed by atoms with van der Waals surface area (Å²) in [5, 5.41) is 0. The first kappa shape index (κ1) is 13.0. The predicted molar refractivity (Wildman–Crippen MR) is 66.9 cm³/mol. The van der Waals surface area contributed by atoms with E-state index in [2.05, 4.69) is 32.6 Å². The standard InChI is InChI=1S/C13H28N2/c1-10(2)8-11(3)15-7-5-6-13(9-15)12(4)14/h10-13H,5-9,14H2,1-4H3. The Morgan fingerprint density at radius 3 is 2.47 bits per heavy atom. The van der Waals surface area contributed by atoms with E-state index in [0.29, 0.717) is 12.0 Å². The minimum Gasteiger partial charge on any atom is -0.328 e. The highest BCUT2D eigenvalue weighted by Gasteiger charge is 2.25. The number of nitrogens with zero attached hydrogens (tertiary/aromatic N) is 1. The third-order valence-corrected chi connectivity index (χ3v) is 3.67. The van der Waals surface area contributed by atoms with Crippen molar-refractivity contribution in [2.24, 2.45) is 17.6 Å². The summed E-state index contributed by atoms with van der Waals surface area (Å²) in [7, 11) is 0. The molecule has 0 aromatic heterocycles. The van der Waals surface area contributed by atoms with E-state index in [9.17, 15) is 0 Å². The molecule has 0 radical (unpaired) electrons. The molecule has 2 nitrogen and oxygen atoms in total. The lowest BCUT2D eigenvalue weighted by molar-refractivity contribution is 0.110. The maximum atomic E-state index is 6.00. The monoisotopic (exact) mass is 212 g/mol. The summed E-state index contributed by atoms with van der Waals surface area (Å²) in [5.74, 6) is 1.52. The van der Waals surface area contributed by atoms with Gasteiger partial charge >= 0.3 is 0 Å². The van der Waals surface area contributed by atoms with Crippen LogP contribution in [0.4, 0.5) is 0 Å². The highest BCUT2D eigenvalue weighted by atomic mass is 15.2. The van der Waals surface area contributed by atoms with Gasteiger partial charge in [-0.15, -0.1) is 0 Å². The molecule has 1 rings (SSSR count). The molecule has 0 saturated carbocycles. The van der Waals surface area contributed by atoms with Crippen molar-refractivity contribution in [3.8, 4) is 0 Å². The van der Waals surface area contributed by atoms with Crippen LogP contribution in [0, 0.1) is 11.8 Å². The fraction of sp³-hybridized carbons (Fsp3) is 1.00. The van der Waals surface area contributed by atoms with Gasteiger partial charge in [-0.2, -0.15) is 0 Å². The topological polar surface area (TPSA) is 29.3 Å². The summed E-state index contributed by atoms with van der Waals surface area (Å²) in [5.41, 5.74) is 6.00. The van der Waals surface area contributed by atoms with Gasteiger partial charge in [-0.05, 0) is 51.5 Å². The zero-order valence-corrected chi connectivity index (χ0v) is 10.9. The van der Waals surface area contributed by atoms with Crippen molar-refractivity contribution in [2.45, 2.75) is 59.0 Å². The Kier molecular flexibility index (Phi) is 5.07. The van der Waals surface area contributed by atoms with E-state index >= 15 is 0 Å². The molecule has 3 atom stereocenters. The summed E-state index contributed by atoms with van der Waals surface area (Å²) in [6.45, 7) is 11.6. The molecule has 1 aliphatic rings. The third kappa shape index (κ3) is 4.12. The van der Waals surface area contributed by atoms with Crippen LogP contribution in [0.3, 0.4) is 0 Å². The first-order valence-corrected chi connectivity index (χ1v) is 6.50. The Hall–Kier alpha value is -0.0800. The smallest absolute Gasteiger partial charge is 0.00694 e. The van der Waals surface area contributed by atoms with Crippen LogP contribution < -0.4 is 5.73 Å². The van der Waals surface area contributed by atoms with Crippen LogP contribution >= 0.6 is 0 Å². The number of piperidine rings is 1. The van der Waals surface area contributed by atoms with Gasteiger partial charge in [0, 0.05) is 18.6 Å². The second-order valence-corrected chi connectivity index (χ2v) is 5.73. The molecule has 0 amide bonds. The molecule has 0 aliphatic carbocycles. The van der Waals surface area contributed by atoms with Gasteiger partial charge in [-0.25, -0.2) is 0 Å². The molecule has 1 saturated heterocycles. The Balaban J connectivity index is 2.41. The van der Waals surface area contributed by atoms with Crippen molar-refractivity contribution >= 4 is 0 Å². The number of hydrogen-bond donors (Lipinski definition) is 1. The summed E-state index contributed by atoms with van der Waals surface area (Å²) in [6.07, 6.45) is 3.96. The molecule has 1 fully saturated rings. The fourth-order valence-corrected chi connectivity index (χ4v) is 2.70. The van der Waals surface area contributed by atoms with Crippen molar-refractivity contribution < 1.29 is 0 Å². The van der Waals surface area contributed by atoms with Gasteiger partial charge in [0.15, 0.2) is 0 Å². The van der Waals surface area contributed by atoms with Crippen molar-refractivity contribution in [1.82, 2.24) is 4.90 Å². The molecule has 0 spiro atoms. The summed E-state index contributed by atoms with van der Waals surface area (Å²) < 4.78 is 0. The Labute approximate surface area is 95.2 Å². The van der Waals surface area contributed by atoms with E-state index < -0.39 is 0 Å². The molecule has 2 heteroatoms. The minimum absolute atomic E-state index is 0.360. The van der Waals surface area contributed by atoms with Gasteiger partial charge in [-0.3, -0.25) is 0 Å². The molecular weight excluding hydrogens is 184 g/mol. The molecule has 1 aliphatic heterocycles. The van der Waals surface area contributed by atoms with Crippen LogP contribution in [0.5, 0.6) is 0 Å². The van der Waals surface area contributed by atoms with Gasteiger partial charge in [-0.1, -0.05) is 13.8 Å². The molecule has 90 valence electrons. The number of hydrogen-bond acceptors (Lipinski definition) is 2. The lowest BCUT2D eigenvalue weighted by Crippen LogP contribution is -2.46. The second-order valence-electron chi connectivity index (χ2n) is 5.73. The molecule has 0 aromatic rings. The van der Waals surface area contributed by atoms with Crippen LogP contribution in [0.1, 0.15) is 47.0 Å². The average Bonchev–Trinajstić information content (AvgIpc) is 2.17. The molecular formula is C13H28N2. The number of nitrogens with two attached hydrogens (primary N) is 1. The van der Waals surface area contributed by atoms with Crippen LogP contribution in [0.15, 0.2) is 0 Å². The van der Waals surface area contributed by atoms with Gasteiger partial charge in [0.1, 0.15) is 0 Å². The van der Waals surface area contributed by atoms with Gasteiger partial charge in [0.05, 0.1) is 0 Å². The Morgan fingerprint density at radius 2 is 1.93 bits per heavy atom. The summed E-state index contributed by atoms with van der Waals surface area (Å²) in [6, 6.07) is 1.09. The lowest BCUT2D eigenvalue weighted by atomic mass is 9.90. The average molecular weight is 212 g/mol. The number of likely N-dealkylation sites (tertiary alicyclic amines) is 1. The van der Waals surface area contributed by atoms with Crippen molar-refractivity contribution in [3.63, 3.8) is 0 Å². The van der Waals surface area contributed by atoms with Gasteiger partial charge < -0.3 is 10.6 Å². The second kappa shape index (κ2) is 5.86. The maximum absolute atomic E-state index is 6.00. The van der Waals surface area contributed by atoms with Crippen molar-refractivity contribution in [1.29, 1.82) is 0 Å². The Bertz CT molecular complexity index is 177. The van der Waals surface area contributed by atoms with E-state index in [0.717, 1.165) is 12.0 Å².